The second-order valence-electron chi connectivity index (χ2n) is 16.4. The summed E-state index contributed by atoms with van der Waals surface area (Å²) in [6.07, 6.45) is 0.676. The number of ether oxygens (including phenoxy) is 4. The Morgan fingerprint density at radius 1 is 0.542 bits per heavy atom. The largest absolute Gasteiger partial charge is 0.488 e. The van der Waals surface area contributed by atoms with Gasteiger partial charge in [-0.25, -0.2) is 3.63 Å². The molecule has 9 heteroatoms. The molecule has 0 saturated heterocycles. The first-order valence-corrected chi connectivity index (χ1v) is 22.7. The van der Waals surface area contributed by atoms with E-state index in [2.05, 4.69) is 54.6 Å². The van der Waals surface area contributed by atoms with Crippen LogP contribution in [-0.4, -0.2) is 33.0 Å². The summed E-state index contributed by atoms with van der Waals surface area (Å²) >= 11 is 0. The van der Waals surface area contributed by atoms with Crippen LogP contribution >= 0.6 is 10.3 Å². The number of hydrogen-bond acceptors (Lipinski definition) is 7. The molecule has 7 aromatic carbocycles. The first-order valence-electron chi connectivity index (χ1n) is 19.7. The minimum absolute atomic E-state index is 0.0447. The van der Waals surface area contributed by atoms with Gasteiger partial charge in [0, 0.05) is 9.79 Å². The number of rotatable bonds is 14. The van der Waals surface area contributed by atoms with E-state index in [4.69, 9.17) is 22.6 Å². The van der Waals surface area contributed by atoms with Gasteiger partial charge in [-0.1, -0.05) is 84.4 Å². The van der Waals surface area contributed by atoms with Gasteiger partial charge in [-0.15, -0.1) is 0 Å². The van der Waals surface area contributed by atoms with Gasteiger partial charge in [0.25, 0.3) is 0 Å². The molecule has 0 unspecified atom stereocenters. The van der Waals surface area contributed by atoms with E-state index >= 15 is 0 Å². The molecule has 7 rings (SSSR count). The van der Waals surface area contributed by atoms with E-state index in [-0.39, 0.29) is 11.7 Å². The van der Waals surface area contributed by atoms with Crippen molar-refractivity contribution < 1.29 is 31.0 Å². The second-order valence-corrected chi connectivity index (χ2v) is 20.9. The zero-order chi connectivity index (χ0) is 41.8. The monoisotopic (exact) mass is 828 g/mol. The van der Waals surface area contributed by atoms with Gasteiger partial charge in [0.2, 0.25) is 0 Å². The highest BCUT2D eigenvalue weighted by molar-refractivity contribution is 8.33. The van der Waals surface area contributed by atoms with Crippen LogP contribution in [0.15, 0.2) is 171 Å². The third-order valence-electron chi connectivity index (χ3n) is 9.49. The van der Waals surface area contributed by atoms with Crippen LogP contribution < -0.4 is 14.2 Å². The zero-order valence-corrected chi connectivity index (χ0v) is 36.4. The first kappa shape index (κ1) is 41.8. The summed E-state index contributed by atoms with van der Waals surface area (Å²) in [6.45, 7) is 14.1. The van der Waals surface area contributed by atoms with Gasteiger partial charge in [-0.05, 0) is 165 Å². The molecule has 0 saturated carbocycles. The summed E-state index contributed by atoms with van der Waals surface area (Å²) < 4.78 is 61.0. The molecular weight excluding hydrogens is 777 g/mol. The quantitative estimate of drug-likeness (QED) is 0.0613. The Labute approximate surface area is 350 Å². The van der Waals surface area contributed by atoms with E-state index in [0.29, 0.717) is 45.0 Å². The summed E-state index contributed by atoms with van der Waals surface area (Å²) in [4.78, 5) is 1.84. The SMILES string of the molecule is Cc1ccc(S(=O)(=O)OS(c2ccc(OC(C)(C)C)cc2)(c2ccc(OC(C)(C)C)cc2)c2ccccc2OCOCCc2cc3ccccc3c3ccccc23)cc1. The molecule has 0 fully saturated rings. The van der Waals surface area contributed by atoms with Crippen molar-refractivity contribution in [2.24, 2.45) is 0 Å². The van der Waals surface area contributed by atoms with Gasteiger partial charge >= 0.3 is 10.1 Å². The van der Waals surface area contributed by atoms with Crippen molar-refractivity contribution in [1.29, 1.82) is 0 Å². The highest BCUT2D eigenvalue weighted by Crippen LogP contribution is 2.72. The predicted octanol–water partition coefficient (Wildman–Crippen LogP) is 12.9. The minimum atomic E-state index is -4.38. The maximum Gasteiger partial charge on any atom is 0.307 e. The lowest BCUT2D eigenvalue weighted by atomic mass is 9.96. The topological polar surface area (TPSA) is 80.3 Å². The van der Waals surface area contributed by atoms with Crippen LogP contribution in [0.5, 0.6) is 17.2 Å². The van der Waals surface area contributed by atoms with Gasteiger partial charge in [0.1, 0.15) is 28.5 Å². The number of hydrogen-bond donors (Lipinski definition) is 0. The summed E-state index contributed by atoms with van der Waals surface area (Å²) in [7, 11) is -7.49. The Bertz CT molecular complexity index is 2580. The molecule has 0 aliphatic carbocycles. The molecule has 0 aromatic heterocycles. The summed E-state index contributed by atoms with van der Waals surface area (Å²) in [6, 6.07) is 48.1. The van der Waals surface area contributed by atoms with Crippen molar-refractivity contribution in [3.05, 3.63) is 163 Å². The molecule has 7 nitrogen and oxygen atoms in total. The van der Waals surface area contributed by atoms with E-state index < -0.39 is 31.6 Å². The fourth-order valence-corrected chi connectivity index (χ4v) is 12.3. The number of para-hydroxylation sites is 1. The smallest absolute Gasteiger partial charge is 0.307 e. The van der Waals surface area contributed by atoms with Crippen molar-refractivity contribution >= 4 is 42.0 Å². The third kappa shape index (κ3) is 9.77. The van der Waals surface area contributed by atoms with E-state index in [1.807, 2.05) is 121 Å². The lowest BCUT2D eigenvalue weighted by Gasteiger charge is -2.40. The summed E-state index contributed by atoms with van der Waals surface area (Å²) in [5.74, 6) is 1.71. The fourth-order valence-electron chi connectivity index (χ4n) is 6.98. The molecule has 0 aliphatic rings. The highest BCUT2D eigenvalue weighted by atomic mass is 32.3. The molecule has 0 spiro atoms. The Kier molecular flexibility index (Phi) is 12.1. The van der Waals surface area contributed by atoms with Crippen molar-refractivity contribution in [3.63, 3.8) is 0 Å². The van der Waals surface area contributed by atoms with Gasteiger partial charge in [0.05, 0.1) is 16.4 Å². The normalized spacial score (nSPS) is 12.7. The lowest BCUT2D eigenvalue weighted by molar-refractivity contribution is 0.0153. The average molecular weight is 829 g/mol. The van der Waals surface area contributed by atoms with Crippen LogP contribution in [0.2, 0.25) is 0 Å². The van der Waals surface area contributed by atoms with Crippen LogP contribution in [-0.2, 0) is 24.9 Å². The standard InChI is InChI=1S/C50H52O7S2/c1-36-20-26-43(27-21-36)59(51,52)57-58(41-28-22-39(23-29-41)55-49(2,3)4,42-30-24-40(25-31-42)56-50(5,6)7)48-19-13-12-18-47(48)54-35-53-33-32-38-34-37-14-8-9-15-44(37)46-17-11-10-16-45(38)46/h8-31,34H,32-33,35H2,1-7H3. The third-order valence-corrected chi connectivity index (χ3v) is 14.7. The van der Waals surface area contributed by atoms with Crippen molar-refractivity contribution in [2.75, 3.05) is 13.4 Å². The Hall–Kier alpha value is -5.32. The van der Waals surface area contributed by atoms with Gasteiger partial charge in [-0.2, -0.15) is 8.42 Å². The van der Waals surface area contributed by atoms with Crippen LogP contribution in [0.25, 0.3) is 21.5 Å². The molecule has 0 heterocycles. The molecule has 0 amide bonds. The first-order chi connectivity index (χ1) is 28.1. The maximum atomic E-state index is 14.6. The van der Waals surface area contributed by atoms with E-state index in [1.165, 1.54) is 27.1 Å². The zero-order valence-electron chi connectivity index (χ0n) is 34.7. The lowest BCUT2D eigenvalue weighted by Crippen LogP contribution is -2.23. The predicted molar refractivity (Wildman–Crippen MR) is 239 cm³/mol. The minimum Gasteiger partial charge on any atom is -0.488 e. The molecule has 0 aliphatic heterocycles. The van der Waals surface area contributed by atoms with Gasteiger partial charge in [0.15, 0.2) is 6.79 Å². The van der Waals surface area contributed by atoms with Crippen molar-refractivity contribution in [1.82, 2.24) is 0 Å². The summed E-state index contributed by atoms with van der Waals surface area (Å²) in [5.41, 5.74) is 1.23. The van der Waals surface area contributed by atoms with Crippen LogP contribution in [0, 0.1) is 6.92 Å². The number of benzene rings is 7. The summed E-state index contributed by atoms with van der Waals surface area (Å²) in [5, 5.41) is 4.81. The van der Waals surface area contributed by atoms with Gasteiger partial charge in [-0.3, -0.25) is 0 Å². The Morgan fingerprint density at radius 2 is 1.05 bits per heavy atom. The molecular formula is C50H52O7S2. The molecule has 0 radical (unpaired) electrons. The molecule has 306 valence electrons. The fraction of sp³-hybridized carbons (Fsp3) is 0.240. The van der Waals surface area contributed by atoms with Crippen molar-refractivity contribution in [2.45, 2.75) is 85.7 Å². The van der Waals surface area contributed by atoms with Gasteiger partial charge < -0.3 is 18.9 Å². The van der Waals surface area contributed by atoms with E-state index in [9.17, 15) is 8.42 Å². The Morgan fingerprint density at radius 3 is 1.64 bits per heavy atom. The second kappa shape index (κ2) is 17.1. The van der Waals surface area contributed by atoms with E-state index in [0.717, 1.165) is 5.56 Å². The van der Waals surface area contributed by atoms with Crippen LogP contribution in [0.1, 0.15) is 52.7 Å². The molecule has 59 heavy (non-hydrogen) atoms. The maximum absolute atomic E-state index is 14.6. The van der Waals surface area contributed by atoms with Crippen LogP contribution in [0.4, 0.5) is 0 Å². The average Bonchev–Trinajstić information content (AvgIpc) is 3.20. The van der Waals surface area contributed by atoms with E-state index in [1.54, 1.807) is 24.3 Å². The van der Waals surface area contributed by atoms with Crippen molar-refractivity contribution in [3.8, 4) is 17.2 Å². The molecule has 7 aromatic rings. The molecule has 0 bridgehead atoms. The highest BCUT2D eigenvalue weighted by Gasteiger charge is 2.41. The Balaban J connectivity index is 1.28. The van der Waals surface area contributed by atoms with Crippen LogP contribution in [0.3, 0.4) is 0 Å². The molecule has 0 atom stereocenters. The number of fused-ring (bicyclic) bond motifs is 3. The molecule has 0 N–H and O–H groups in total. The number of aryl methyl sites for hydroxylation is 1.